The monoisotopic (exact) mass is 462 g/mol. The Labute approximate surface area is 198 Å². The lowest BCUT2D eigenvalue weighted by Crippen LogP contribution is -2.36. The van der Waals surface area contributed by atoms with Gasteiger partial charge in [0.05, 0.1) is 30.8 Å². The lowest BCUT2D eigenvalue weighted by atomic mass is 10.1. The van der Waals surface area contributed by atoms with Gasteiger partial charge in [0.15, 0.2) is 0 Å². The van der Waals surface area contributed by atoms with Crippen molar-refractivity contribution in [3.05, 3.63) is 47.0 Å². The third kappa shape index (κ3) is 4.61. The highest BCUT2D eigenvalue weighted by Crippen LogP contribution is 2.27. The molecule has 34 heavy (non-hydrogen) atoms. The molecule has 1 amide bonds. The molecular weight excluding hydrogens is 432 g/mol. The molecule has 2 saturated heterocycles. The summed E-state index contributed by atoms with van der Waals surface area (Å²) in [5.74, 6) is 0.760. The standard InChI is InChI=1S/C25H30N6O3/c1-29-17-27-21-16-20(18-5-7-19(8-6-18)30-12-14-34-15-13-30)28-24(23(21)25(29)33)26-9-3-11-31-10-2-4-22(31)32/h5-8,16-17H,2-4,9-15H2,1H3,(H,26,28). The Morgan fingerprint density at radius 2 is 1.88 bits per heavy atom. The maximum absolute atomic E-state index is 12.9. The minimum absolute atomic E-state index is 0.135. The summed E-state index contributed by atoms with van der Waals surface area (Å²) in [4.78, 5) is 38.3. The predicted molar refractivity (Wildman–Crippen MR) is 132 cm³/mol. The highest BCUT2D eigenvalue weighted by atomic mass is 16.5. The topological polar surface area (TPSA) is 92.6 Å². The van der Waals surface area contributed by atoms with Crippen molar-refractivity contribution in [3.63, 3.8) is 0 Å². The lowest BCUT2D eigenvalue weighted by molar-refractivity contribution is -0.127. The van der Waals surface area contributed by atoms with Gasteiger partial charge in [-0.05, 0) is 31.0 Å². The number of benzene rings is 1. The Morgan fingerprint density at radius 1 is 1.09 bits per heavy atom. The second kappa shape index (κ2) is 9.80. The van der Waals surface area contributed by atoms with Crippen molar-refractivity contribution >= 4 is 28.3 Å². The number of amides is 1. The number of fused-ring (bicyclic) bond motifs is 1. The van der Waals surface area contributed by atoms with E-state index in [1.54, 1.807) is 13.4 Å². The molecule has 1 N–H and O–H groups in total. The molecule has 4 heterocycles. The van der Waals surface area contributed by atoms with Crippen molar-refractivity contribution < 1.29 is 9.53 Å². The molecule has 0 unspecified atom stereocenters. The summed E-state index contributed by atoms with van der Waals surface area (Å²) in [7, 11) is 1.69. The number of likely N-dealkylation sites (tertiary alicyclic amines) is 1. The number of aryl methyl sites for hydroxylation is 1. The van der Waals surface area contributed by atoms with Crippen LogP contribution in [0.3, 0.4) is 0 Å². The van der Waals surface area contributed by atoms with Crippen molar-refractivity contribution in [2.24, 2.45) is 7.05 Å². The van der Waals surface area contributed by atoms with E-state index >= 15 is 0 Å². The van der Waals surface area contributed by atoms with Crippen LogP contribution in [0, 0.1) is 0 Å². The zero-order valence-corrected chi connectivity index (χ0v) is 19.5. The van der Waals surface area contributed by atoms with E-state index < -0.39 is 0 Å². The van der Waals surface area contributed by atoms with E-state index in [-0.39, 0.29) is 11.5 Å². The maximum Gasteiger partial charge on any atom is 0.264 e. The van der Waals surface area contributed by atoms with Crippen LogP contribution >= 0.6 is 0 Å². The average molecular weight is 463 g/mol. The second-order valence-electron chi connectivity index (χ2n) is 8.82. The van der Waals surface area contributed by atoms with Crippen LogP contribution in [0.15, 0.2) is 41.5 Å². The third-order valence-corrected chi connectivity index (χ3v) is 6.51. The summed E-state index contributed by atoms with van der Waals surface area (Å²) in [6, 6.07) is 10.2. The van der Waals surface area contributed by atoms with Crippen molar-refractivity contribution in [2.75, 3.05) is 56.2 Å². The van der Waals surface area contributed by atoms with Gasteiger partial charge in [-0.2, -0.15) is 0 Å². The van der Waals surface area contributed by atoms with Gasteiger partial charge in [0.25, 0.3) is 5.56 Å². The average Bonchev–Trinajstić information content (AvgIpc) is 3.29. The minimum Gasteiger partial charge on any atom is -0.378 e. The van der Waals surface area contributed by atoms with Crippen LogP contribution in [0.4, 0.5) is 11.5 Å². The fraction of sp³-hybridized carbons (Fsp3) is 0.440. The first-order valence-corrected chi connectivity index (χ1v) is 11.9. The van der Waals surface area contributed by atoms with Crippen LogP contribution in [0.2, 0.25) is 0 Å². The number of pyridine rings is 1. The van der Waals surface area contributed by atoms with Crippen molar-refractivity contribution in [2.45, 2.75) is 19.3 Å². The number of nitrogens with zero attached hydrogens (tertiary/aromatic N) is 5. The van der Waals surface area contributed by atoms with Gasteiger partial charge < -0.3 is 24.4 Å². The molecule has 0 aliphatic carbocycles. The van der Waals surface area contributed by atoms with E-state index in [9.17, 15) is 9.59 Å². The summed E-state index contributed by atoms with van der Waals surface area (Å²) in [5.41, 5.74) is 3.37. The molecular formula is C25H30N6O3. The zero-order valence-electron chi connectivity index (χ0n) is 19.5. The van der Waals surface area contributed by atoms with Gasteiger partial charge in [-0.25, -0.2) is 9.97 Å². The van der Waals surface area contributed by atoms with Crippen LogP contribution in [0.25, 0.3) is 22.2 Å². The molecule has 1 aromatic carbocycles. The first-order valence-electron chi connectivity index (χ1n) is 11.9. The van der Waals surface area contributed by atoms with Gasteiger partial charge in [-0.3, -0.25) is 9.59 Å². The molecule has 0 radical (unpaired) electrons. The number of ether oxygens (including phenoxy) is 1. The van der Waals surface area contributed by atoms with Crippen LogP contribution < -0.4 is 15.8 Å². The fourth-order valence-electron chi connectivity index (χ4n) is 4.58. The fourth-order valence-corrected chi connectivity index (χ4v) is 4.58. The molecule has 0 bridgehead atoms. The number of hydrogen-bond donors (Lipinski definition) is 1. The number of anilines is 2. The highest BCUT2D eigenvalue weighted by molar-refractivity contribution is 5.91. The van der Waals surface area contributed by atoms with Crippen LogP contribution in [-0.4, -0.2) is 71.3 Å². The van der Waals surface area contributed by atoms with Gasteiger partial charge in [0.1, 0.15) is 11.2 Å². The molecule has 2 aliphatic heterocycles. The van der Waals surface area contributed by atoms with E-state index in [4.69, 9.17) is 9.72 Å². The van der Waals surface area contributed by atoms with E-state index in [0.29, 0.717) is 36.2 Å². The molecule has 2 aromatic heterocycles. The van der Waals surface area contributed by atoms with E-state index in [0.717, 1.165) is 62.6 Å². The van der Waals surface area contributed by atoms with Crippen molar-refractivity contribution in [1.82, 2.24) is 19.4 Å². The first-order chi connectivity index (χ1) is 16.6. The lowest BCUT2D eigenvalue weighted by Gasteiger charge is -2.28. The van der Waals surface area contributed by atoms with E-state index in [1.807, 2.05) is 11.0 Å². The largest absolute Gasteiger partial charge is 0.378 e. The number of rotatable bonds is 7. The number of aromatic nitrogens is 3. The Bertz CT molecular complexity index is 1230. The van der Waals surface area contributed by atoms with Gasteiger partial charge >= 0.3 is 0 Å². The molecule has 0 atom stereocenters. The molecule has 5 rings (SSSR count). The van der Waals surface area contributed by atoms with Crippen LogP contribution in [0.1, 0.15) is 19.3 Å². The molecule has 2 aliphatic rings. The van der Waals surface area contributed by atoms with Gasteiger partial charge in [0, 0.05) is 57.4 Å². The zero-order chi connectivity index (χ0) is 23.5. The summed E-state index contributed by atoms with van der Waals surface area (Å²) in [6.07, 6.45) is 3.91. The smallest absolute Gasteiger partial charge is 0.264 e. The summed E-state index contributed by atoms with van der Waals surface area (Å²) >= 11 is 0. The number of hydrogen-bond acceptors (Lipinski definition) is 7. The summed E-state index contributed by atoms with van der Waals surface area (Å²) in [6.45, 7) is 5.42. The number of nitrogens with one attached hydrogen (secondary N) is 1. The third-order valence-electron chi connectivity index (χ3n) is 6.51. The minimum atomic E-state index is -0.135. The highest BCUT2D eigenvalue weighted by Gasteiger charge is 2.19. The number of carbonyl (C=O) groups excluding carboxylic acids is 1. The first kappa shape index (κ1) is 22.3. The number of morpholine rings is 1. The molecule has 3 aromatic rings. The van der Waals surface area contributed by atoms with Gasteiger partial charge in [0.2, 0.25) is 5.91 Å². The SMILES string of the molecule is Cn1cnc2cc(-c3ccc(N4CCOCC4)cc3)nc(NCCCN3CCCC3=O)c2c1=O. The molecule has 178 valence electrons. The Morgan fingerprint density at radius 3 is 2.62 bits per heavy atom. The normalized spacial score (nSPS) is 16.4. The maximum atomic E-state index is 12.9. The quantitative estimate of drug-likeness (QED) is 0.539. The second-order valence-corrected chi connectivity index (χ2v) is 8.82. The molecule has 9 nitrogen and oxygen atoms in total. The van der Waals surface area contributed by atoms with Gasteiger partial charge in [-0.1, -0.05) is 12.1 Å². The Balaban J connectivity index is 1.39. The van der Waals surface area contributed by atoms with E-state index in [2.05, 4.69) is 39.5 Å². The molecule has 0 spiro atoms. The predicted octanol–water partition coefficient (Wildman–Crippen LogP) is 2.26. The van der Waals surface area contributed by atoms with E-state index in [1.165, 1.54) is 4.57 Å². The van der Waals surface area contributed by atoms with Crippen LogP contribution in [-0.2, 0) is 16.6 Å². The molecule has 0 saturated carbocycles. The summed E-state index contributed by atoms with van der Waals surface area (Å²) < 4.78 is 6.92. The Kier molecular flexibility index (Phi) is 6.44. The number of carbonyl (C=O) groups is 1. The summed E-state index contributed by atoms with van der Waals surface area (Å²) in [5, 5.41) is 3.83. The molecule has 2 fully saturated rings. The van der Waals surface area contributed by atoms with Crippen molar-refractivity contribution in [3.8, 4) is 11.3 Å². The Hall–Kier alpha value is -3.46. The van der Waals surface area contributed by atoms with Crippen molar-refractivity contribution in [1.29, 1.82) is 0 Å². The van der Waals surface area contributed by atoms with Crippen LogP contribution in [0.5, 0.6) is 0 Å². The molecule has 9 heteroatoms. The van der Waals surface area contributed by atoms with Gasteiger partial charge in [-0.15, -0.1) is 0 Å².